The van der Waals surface area contributed by atoms with Crippen molar-refractivity contribution in [2.45, 2.75) is 19.6 Å². The lowest BCUT2D eigenvalue weighted by Crippen LogP contribution is -2.45. The van der Waals surface area contributed by atoms with E-state index in [2.05, 4.69) is 15.7 Å². The van der Waals surface area contributed by atoms with Gasteiger partial charge in [0, 0.05) is 18.2 Å². The first-order chi connectivity index (χ1) is 13.0. The maximum atomic E-state index is 13.4. The van der Waals surface area contributed by atoms with E-state index in [1.54, 1.807) is 10.7 Å². The van der Waals surface area contributed by atoms with Gasteiger partial charge >= 0.3 is 0 Å². The second-order valence-electron chi connectivity index (χ2n) is 6.61. The van der Waals surface area contributed by atoms with Crippen LogP contribution in [0.2, 0.25) is 0 Å². The second kappa shape index (κ2) is 6.92. The van der Waals surface area contributed by atoms with Gasteiger partial charge in [-0.2, -0.15) is 5.10 Å². The minimum absolute atomic E-state index is 0.198. The topological polar surface area (TPSA) is 59.0 Å². The molecular weight excluding hydrogens is 350 g/mol. The molecular formula is C20H18F2N4O. The molecule has 1 atom stereocenters. The number of nitrogens with one attached hydrogen (secondary N) is 2. The van der Waals surface area contributed by atoms with E-state index in [0.29, 0.717) is 23.5 Å². The van der Waals surface area contributed by atoms with Gasteiger partial charge in [-0.05, 0) is 30.7 Å². The van der Waals surface area contributed by atoms with Crippen molar-refractivity contribution in [3.8, 4) is 11.3 Å². The number of nitrogens with zero attached hydrogens (tertiary/aromatic N) is 2. The minimum Gasteiger partial charge on any atom is -0.347 e. The fourth-order valence-electron chi connectivity index (χ4n) is 3.14. The predicted molar refractivity (Wildman–Crippen MR) is 97.0 cm³/mol. The number of fused-ring (bicyclic) bond motifs is 1. The smallest absolute Gasteiger partial charge is 0.269 e. The van der Waals surface area contributed by atoms with Gasteiger partial charge in [-0.25, -0.2) is 13.5 Å². The van der Waals surface area contributed by atoms with Crippen molar-refractivity contribution in [3.05, 3.63) is 77.0 Å². The van der Waals surface area contributed by atoms with Crippen LogP contribution in [0.1, 0.15) is 27.8 Å². The summed E-state index contributed by atoms with van der Waals surface area (Å²) in [5.41, 5.74) is 3.69. The van der Waals surface area contributed by atoms with Crippen molar-refractivity contribution in [1.29, 1.82) is 0 Å². The Morgan fingerprint density at radius 2 is 1.85 bits per heavy atom. The molecule has 0 fully saturated rings. The number of benzene rings is 2. The molecule has 0 bridgehead atoms. The Bertz CT molecular complexity index is 977. The van der Waals surface area contributed by atoms with E-state index in [0.717, 1.165) is 17.2 Å². The largest absolute Gasteiger partial charge is 0.347 e. The fourth-order valence-corrected chi connectivity index (χ4v) is 3.14. The third-order valence-corrected chi connectivity index (χ3v) is 4.53. The van der Waals surface area contributed by atoms with E-state index in [1.807, 2.05) is 31.2 Å². The predicted octanol–water partition coefficient (Wildman–Crippen LogP) is 3.17. The normalized spacial score (nSPS) is 16.1. The molecule has 1 amide bonds. The van der Waals surface area contributed by atoms with Crippen LogP contribution in [0.15, 0.2) is 48.5 Å². The van der Waals surface area contributed by atoms with E-state index in [-0.39, 0.29) is 18.6 Å². The third kappa shape index (κ3) is 3.59. The number of hydrogen-bond donors (Lipinski definition) is 2. The van der Waals surface area contributed by atoms with Crippen LogP contribution in [-0.4, -0.2) is 22.2 Å². The maximum Gasteiger partial charge on any atom is 0.269 e. The summed E-state index contributed by atoms with van der Waals surface area (Å²) in [4.78, 5) is 12.2. The van der Waals surface area contributed by atoms with Crippen molar-refractivity contribution in [3.63, 3.8) is 0 Å². The summed E-state index contributed by atoms with van der Waals surface area (Å²) >= 11 is 0. The standard InChI is InChI=1S/C20H18F2N4O/c1-12-2-4-14(5-3-12)17-9-18-20(27)24-11-19(26(18)25-17)23-10-13-6-15(21)8-16(22)7-13/h2-9,19,23H,10-11H2,1H3,(H,24,27). The number of carbonyl (C=O) groups is 1. The van der Waals surface area contributed by atoms with Gasteiger partial charge in [-0.15, -0.1) is 0 Å². The van der Waals surface area contributed by atoms with Crippen LogP contribution < -0.4 is 10.6 Å². The molecule has 0 radical (unpaired) electrons. The average Bonchev–Trinajstić information content (AvgIpc) is 3.07. The number of aromatic nitrogens is 2. The third-order valence-electron chi connectivity index (χ3n) is 4.53. The number of carbonyl (C=O) groups excluding carboxylic acids is 1. The van der Waals surface area contributed by atoms with Gasteiger partial charge in [0.05, 0.1) is 12.2 Å². The molecule has 1 aliphatic rings. The molecule has 1 aromatic heterocycles. The van der Waals surface area contributed by atoms with E-state index in [1.165, 1.54) is 12.1 Å². The van der Waals surface area contributed by atoms with Gasteiger partial charge in [-0.1, -0.05) is 29.8 Å². The molecule has 4 rings (SSSR count). The zero-order valence-corrected chi connectivity index (χ0v) is 14.7. The SMILES string of the molecule is Cc1ccc(-c2cc3n(n2)C(NCc2cc(F)cc(F)c2)CNC3=O)cc1. The lowest BCUT2D eigenvalue weighted by atomic mass is 10.1. The molecule has 1 unspecified atom stereocenters. The number of halogens is 2. The summed E-state index contributed by atoms with van der Waals surface area (Å²) in [5, 5.41) is 10.6. The summed E-state index contributed by atoms with van der Waals surface area (Å²) in [6.45, 7) is 2.58. The molecule has 138 valence electrons. The highest BCUT2D eigenvalue weighted by molar-refractivity contribution is 5.94. The first-order valence-electron chi connectivity index (χ1n) is 8.63. The van der Waals surface area contributed by atoms with E-state index in [9.17, 15) is 13.6 Å². The molecule has 7 heteroatoms. The molecule has 2 aromatic carbocycles. The van der Waals surface area contributed by atoms with Crippen molar-refractivity contribution in [2.75, 3.05) is 6.54 Å². The number of amides is 1. The summed E-state index contributed by atoms with van der Waals surface area (Å²) in [7, 11) is 0. The lowest BCUT2D eigenvalue weighted by Gasteiger charge is -2.25. The first-order valence-corrected chi connectivity index (χ1v) is 8.63. The van der Waals surface area contributed by atoms with Crippen molar-refractivity contribution in [2.24, 2.45) is 0 Å². The Kier molecular flexibility index (Phi) is 4.45. The number of hydrogen-bond acceptors (Lipinski definition) is 3. The highest BCUT2D eigenvalue weighted by atomic mass is 19.1. The number of rotatable bonds is 4. The van der Waals surface area contributed by atoms with Crippen LogP contribution in [0.3, 0.4) is 0 Å². The minimum atomic E-state index is -0.620. The molecule has 0 spiro atoms. The fraction of sp³-hybridized carbons (Fsp3) is 0.200. The van der Waals surface area contributed by atoms with Gasteiger partial charge in [0.25, 0.3) is 5.91 Å². The van der Waals surface area contributed by atoms with Gasteiger partial charge < -0.3 is 5.32 Å². The Morgan fingerprint density at radius 3 is 2.56 bits per heavy atom. The molecule has 2 N–H and O–H groups in total. The lowest BCUT2D eigenvalue weighted by molar-refractivity contribution is 0.0900. The summed E-state index contributed by atoms with van der Waals surface area (Å²) in [5.74, 6) is -1.44. The molecule has 3 aromatic rings. The monoisotopic (exact) mass is 368 g/mol. The first kappa shape index (κ1) is 17.4. The maximum absolute atomic E-state index is 13.4. The van der Waals surface area contributed by atoms with Gasteiger partial charge in [0.15, 0.2) is 0 Å². The van der Waals surface area contributed by atoms with E-state index >= 15 is 0 Å². The summed E-state index contributed by atoms with van der Waals surface area (Å²) < 4.78 is 28.4. The molecule has 0 aliphatic carbocycles. The summed E-state index contributed by atoms with van der Waals surface area (Å²) in [6, 6.07) is 13.0. The molecule has 5 nitrogen and oxygen atoms in total. The van der Waals surface area contributed by atoms with Crippen molar-refractivity contribution >= 4 is 5.91 Å². The van der Waals surface area contributed by atoms with Crippen molar-refractivity contribution < 1.29 is 13.6 Å². The van der Waals surface area contributed by atoms with Crippen molar-refractivity contribution in [1.82, 2.24) is 20.4 Å². The van der Waals surface area contributed by atoms with Crippen LogP contribution in [0.25, 0.3) is 11.3 Å². The van der Waals surface area contributed by atoms with Gasteiger partial charge in [0.2, 0.25) is 0 Å². The molecule has 0 saturated heterocycles. The van der Waals surface area contributed by atoms with Gasteiger partial charge in [-0.3, -0.25) is 10.1 Å². The summed E-state index contributed by atoms with van der Waals surface area (Å²) in [6.07, 6.45) is -0.316. The molecule has 0 saturated carbocycles. The van der Waals surface area contributed by atoms with Gasteiger partial charge in [0.1, 0.15) is 23.5 Å². The second-order valence-corrected chi connectivity index (χ2v) is 6.61. The van der Waals surface area contributed by atoms with Crippen LogP contribution in [0.4, 0.5) is 8.78 Å². The Morgan fingerprint density at radius 1 is 1.15 bits per heavy atom. The van der Waals surface area contributed by atoms with Crippen LogP contribution in [-0.2, 0) is 6.54 Å². The van der Waals surface area contributed by atoms with Crippen LogP contribution in [0.5, 0.6) is 0 Å². The van der Waals surface area contributed by atoms with Crippen LogP contribution >= 0.6 is 0 Å². The number of aryl methyl sites for hydroxylation is 1. The zero-order valence-electron chi connectivity index (χ0n) is 14.7. The highest BCUT2D eigenvalue weighted by Crippen LogP contribution is 2.23. The van der Waals surface area contributed by atoms with E-state index in [4.69, 9.17) is 0 Å². The molecule has 27 heavy (non-hydrogen) atoms. The average molecular weight is 368 g/mol. The molecule has 2 heterocycles. The highest BCUT2D eigenvalue weighted by Gasteiger charge is 2.27. The Hall–Kier alpha value is -3.06. The van der Waals surface area contributed by atoms with E-state index < -0.39 is 11.6 Å². The quantitative estimate of drug-likeness (QED) is 0.744. The van der Waals surface area contributed by atoms with Crippen LogP contribution in [0, 0.1) is 18.6 Å². The Balaban J connectivity index is 1.59. The zero-order chi connectivity index (χ0) is 19.0. The molecule has 1 aliphatic heterocycles. The Labute approximate surface area is 155 Å².